The maximum atomic E-state index is 11.9. The van der Waals surface area contributed by atoms with Crippen LogP contribution >= 0.6 is 0 Å². The largest absolute Gasteiger partial charge is 0.356 e. The maximum Gasteiger partial charge on any atom is 0.263 e. The average molecular weight is 321 g/mol. The molecule has 0 saturated heterocycles. The molecule has 1 fully saturated rings. The minimum absolute atomic E-state index is 0.0367. The molecule has 6 nitrogen and oxygen atoms in total. The molecule has 0 bridgehead atoms. The SMILES string of the molecule is O=C(CCN=C1NS(=O)(=O)c2ccccc21)NCC1CCC1. The molecule has 1 amide bonds. The van der Waals surface area contributed by atoms with Crippen LogP contribution in [-0.2, 0) is 14.8 Å². The molecule has 1 aliphatic heterocycles. The van der Waals surface area contributed by atoms with Crippen LogP contribution in [0.4, 0.5) is 0 Å². The van der Waals surface area contributed by atoms with Gasteiger partial charge < -0.3 is 5.32 Å². The quantitative estimate of drug-likeness (QED) is 0.849. The number of nitrogens with one attached hydrogen (secondary N) is 2. The Morgan fingerprint density at radius 1 is 1.32 bits per heavy atom. The second-order valence-corrected chi connectivity index (χ2v) is 7.33. The third-order valence-corrected chi connectivity index (χ3v) is 5.48. The molecule has 1 aromatic carbocycles. The second kappa shape index (κ2) is 6.08. The Morgan fingerprint density at radius 3 is 2.82 bits per heavy atom. The van der Waals surface area contributed by atoms with Crippen LogP contribution in [0.3, 0.4) is 0 Å². The standard InChI is InChI=1S/C15H19N3O3S/c19-14(17-10-11-4-3-5-11)8-9-16-15-12-6-1-2-7-13(12)22(20,21)18-15/h1-2,6-7,11H,3-5,8-10H2,(H,16,18)(H,17,19). The van der Waals surface area contributed by atoms with Crippen molar-refractivity contribution in [1.29, 1.82) is 0 Å². The number of fused-ring (bicyclic) bond motifs is 1. The van der Waals surface area contributed by atoms with E-state index in [-0.39, 0.29) is 23.8 Å². The Morgan fingerprint density at radius 2 is 2.09 bits per heavy atom. The fraction of sp³-hybridized carbons (Fsp3) is 0.467. The second-order valence-electron chi connectivity index (χ2n) is 5.68. The monoisotopic (exact) mass is 321 g/mol. The van der Waals surface area contributed by atoms with Crippen LogP contribution in [0.25, 0.3) is 0 Å². The van der Waals surface area contributed by atoms with Gasteiger partial charge in [0.05, 0.1) is 11.4 Å². The van der Waals surface area contributed by atoms with Gasteiger partial charge in [-0.25, -0.2) is 8.42 Å². The lowest BCUT2D eigenvalue weighted by molar-refractivity contribution is -0.121. The van der Waals surface area contributed by atoms with Crippen LogP contribution in [0.15, 0.2) is 34.2 Å². The van der Waals surface area contributed by atoms with Crippen molar-refractivity contribution in [3.05, 3.63) is 29.8 Å². The minimum Gasteiger partial charge on any atom is -0.356 e. The summed E-state index contributed by atoms with van der Waals surface area (Å²) in [6.07, 6.45) is 3.91. The van der Waals surface area contributed by atoms with E-state index in [1.807, 2.05) is 0 Å². The van der Waals surface area contributed by atoms with Gasteiger partial charge in [-0.05, 0) is 30.9 Å². The fourth-order valence-electron chi connectivity index (χ4n) is 2.56. The summed E-state index contributed by atoms with van der Waals surface area (Å²) >= 11 is 0. The van der Waals surface area contributed by atoms with E-state index in [4.69, 9.17) is 0 Å². The van der Waals surface area contributed by atoms with E-state index in [0.717, 1.165) is 6.54 Å². The van der Waals surface area contributed by atoms with Crippen molar-refractivity contribution in [2.45, 2.75) is 30.6 Å². The zero-order valence-electron chi connectivity index (χ0n) is 12.2. The predicted molar refractivity (Wildman–Crippen MR) is 83.1 cm³/mol. The third kappa shape index (κ3) is 3.14. The summed E-state index contributed by atoms with van der Waals surface area (Å²) in [4.78, 5) is 16.2. The topological polar surface area (TPSA) is 87.6 Å². The minimum atomic E-state index is -3.50. The molecule has 0 atom stereocenters. The van der Waals surface area contributed by atoms with Gasteiger partial charge in [0.1, 0.15) is 5.84 Å². The van der Waals surface area contributed by atoms with E-state index < -0.39 is 10.0 Å². The van der Waals surface area contributed by atoms with E-state index in [2.05, 4.69) is 15.0 Å². The van der Waals surface area contributed by atoms with Gasteiger partial charge in [0.15, 0.2) is 0 Å². The van der Waals surface area contributed by atoms with Crippen molar-refractivity contribution in [3.8, 4) is 0 Å². The summed E-state index contributed by atoms with van der Waals surface area (Å²) in [5.74, 6) is 0.913. The molecule has 2 N–H and O–H groups in total. The number of hydrogen-bond donors (Lipinski definition) is 2. The number of aliphatic imine (C=N–C) groups is 1. The van der Waals surface area contributed by atoms with Gasteiger partial charge in [-0.2, -0.15) is 0 Å². The highest BCUT2D eigenvalue weighted by Gasteiger charge is 2.29. The van der Waals surface area contributed by atoms with Gasteiger partial charge in [0.2, 0.25) is 5.91 Å². The third-order valence-electron chi connectivity index (χ3n) is 4.08. The van der Waals surface area contributed by atoms with Gasteiger partial charge in [-0.15, -0.1) is 0 Å². The van der Waals surface area contributed by atoms with Crippen LogP contribution in [0.1, 0.15) is 31.2 Å². The number of hydrogen-bond acceptors (Lipinski definition) is 4. The molecule has 1 aromatic rings. The van der Waals surface area contributed by atoms with E-state index in [9.17, 15) is 13.2 Å². The van der Waals surface area contributed by atoms with Gasteiger partial charge in [0, 0.05) is 18.5 Å². The Labute approximate surface area is 130 Å². The molecule has 1 aliphatic carbocycles. The molecule has 0 radical (unpaired) electrons. The average Bonchev–Trinajstić information content (AvgIpc) is 2.69. The number of sulfonamides is 1. The number of amidine groups is 1. The Kier molecular flexibility index (Phi) is 4.15. The van der Waals surface area contributed by atoms with Gasteiger partial charge in [0.25, 0.3) is 10.0 Å². The summed E-state index contributed by atoms with van der Waals surface area (Å²) in [6, 6.07) is 6.70. The van der Waals surface area contributed by atoms with E-state index >= 15 is 0 Å². The Bertz CT molecular complexity index is 708. The number of carbonyl (C=O) groups is 1. The van der Waals surface area contributed by atoms with Crippen molar-refractivity contribution in [3.63, 3.8) is 0 Å². The number of nitrogens with zero attached hydrogens (tertiary/aromatic N) is 1. The van der Waals surface area contributed by atoms with Crippen LogP contribution < -0.4 is 10.0 Å². The van der Waals surface area contributed by atoms with Crippen LogP contribution in [0.5, 0.6) is 0 Å². The first-order valence-corrected chi connectivity index (χ1v) is 8.98. The van der Waals surface area contributed by atoms with E-state index in [0.29, 0.717) is 17.3 Å². The maximum absolute atomic E-state index is 11.9. The first-order valence-electron chi connectivity index (χ1n) is 7.49. The zero-order chi connectivity index (χ0) is 15.6. The first kappa shape index (κ1) is 15.0. The zero-order valence-corrected chi connectivity index (χ0v) is 13.0. The summed E-state index contributed by atoms with van der Waals surface area (Å²) in [6.45, 7) is 1.01. The fourth-order valence-corrected chi connectivity index (χ4v) is 3.81. The smallest absolute Gasteiger partial charge is 0.263 e. The molecular weight excluding hydrogens is 302 g/mol. The summed E-state index contributed by atoms with van der Waals surface area (Å²) < 4.78 is 26.2. The Hall–Kier alpha value is -1.89. The lowest BCUT2D eigenvalue weighted by atomic mass is 9.85. The van der Waals surface area contributed by atoms with Crippen molar-refractivity contribution in [1.82, 2.24) is 10.0 Å². The molecule has 1 saturated carbocycles. The number of carbonyl (C=O) groups excluding carboxylic acids is 1. The normalized spacial score (nSPS) is 21.0. The molecular formula is C15H19N3O3S. The lowest BCUT2D eigenvalue weighted by Gasteiger charge is -2.25. The molecule has 0 unspecified atom stereocenters. The highest BCUT2D eigenvalue weighted by atomic mass is 32.2. The molecule has 118 valence electrons. The van der Waals surface area contributed by atoms with Gasteiger partial charge in [-0.3, -0.25) is 14.5 Å². The first-order chi connectivity index (χ1) is 10.6. The van der Waals surface area contributed by atoms with E-state index in [1.165, 1.54) is 19.3 Å². The van der Waals surface area contributed by atoms with Gasteiger partial charge in [-0.1, -0.05) is 18.6 Å². The predicted octanol–water partition coefficient (Wildman–Crippen LogP) is 1.03. The van der Waals surface area contributed by atoms with Crippen molar-refractivity contribution < 1.29 is 13.2 Å². The highest BCUT2D eigenvalue weighted by Crippen LogP contribution is 2.25. The molecule has 22 heavy (non-hydrogen) atoms. The molecule has 0 aromatic heterocycles. The summed E-state index contributed by atoms with van der Waals surface area (Å²) in [5, 5.41) is 2.90. The number of amides is 1. The molecule has 2 aliphatic rings. The number of rotatable bonds is 5. The highest BCUT2D eigenvalue weighted by molar-refractivity contribution is 7.90. The van der Waals surface area contributed by atoms with Gasteiger partial charge >= 0.3 is 0 Å². The molecule has 7 heteroatoms. The molecule has 0 spiro atoms. The summed E-state index contributed by atoms with van der Waals surface area (Å²) in [7, 11) is -3.50. The van der Waals surface area contributed by atoms with Crippen LogP contribution in [0, 0.1) is 5.92 Å². The number of benzene rings is 1. The Balaban J connectivity index is 1.56. The van der Waals surface area contributed by atoms with Crippen LogP contribution in [-0.4, -0.2) is 33.3 Å². The van der Waals surface area contributed by atoms with Crippen molar-refractivity contribution in [2.24, 2.45) is 10.9 Å². The lowest BCUT2D eigenvalue weighted by Crippen LogP contribution is -2.32. The summed E-state index contributed by atoms with van der Waals surface area (Å²) in [5.41, 5.74) is 0.567. The van der Waals surface area contributed by atoms with Crippen LogP contribution in [0.2, 0.25) is 0 Å². The van der Waals surface area contributed by atoms with E-state index in [1.54, 1.807) is 24.3 Å². The van der Waals surface area contributed by atoms with Crippen molar-refractivity contribution >= 4 is 21.8 Å². The molecule has 1 heterocycles. The van der Waals surface area contributed by atoms with Crippen molar-refractivity contribution in [2.75, 3.05) is 13.1 Å². The molecule has 3 rings (SSSR count).